The molecule has 1 heterocycles. The van der Waals surface area contributed by atoms with Crippen molar-refractivity contribution < 1.29 is 4.79 Å². The number of carbonyl (C=O) groups excluding carboxylic acids is 1. The number of benzene rings is 1. The van der Waals surface area contributed by atoms with E-state index in [4.69, 9.17) is 5.26 Å². The number of hydrogen-bond donors (Lipinski definition) is 1. The summed E-state index contributed by atoms with van der Waals surface area (Å²) in [5.74, 6) is 0.128. The molecular formula is C13H11BrN4O. The van der Waals surface area contributed by atoms with Crippen LogP contribution in [0.25, 0.3) is 0 Å². The predicted octanol–water partition coefficient (Wildman–Crippen LogP) is 2.62. The number of aromatic nitrogens is 2. The normalized spacial score (nSPS) is 10.0. The third-order valence-corrected chi connectivity index (χ3v) is 3.60. The first kappa shape index (κ1) is 13.3. The molecule has 0 aliphatic carbocycles. The summed E-state index contributed by atoms with van der Waals surface area (Å²) in [5, 5.41) is 15.6. The molecule has 1 N–H and O–H groups in total. The van der Waals surface area contributed by atoms with Crippen LogP contribution in [0.1, 0.15) is 21.5 Å². The van der Waals surface area contributed by atoms with Crippen LogP contribution in [0.3, 0.4) is 0 Å². The second-order valence-electron chi connectivity index (χ2n) is 4.06. The van der Waals surface area contributed by atoms with Gasteiger partial charge in [0.25, 0.3) is 5.91 Å². The first-order chi connectivity index (χ1) is 9.02. The molecule has 2 rings (SSSR count). The number of anilines is 1. The van der Waals surface area contributed by atoms with Crippen molar-refractivity contribution in [1.29, 1.82) is 5.26 Å². The van der Waals surface area contributed by atoms with E-state index in [1.165, 1.54) is 10.9 Å². The maximum absolute atomic E-state index is 12.1. The highest BCUT2D eigenvalue weighted by Gasteiger charge is 2.13. The molecule has 6 heteroatoms. The SMILES string of the molecule is Cc1cc(C(=O)Nc2c(C#N)cnn2C)ccc1Br. The summed E-state index contributed by atoms with van der Waals surface area (Å²) in [6.45, 7) is 1.91. The van der Waals surface area contributed by atoms with Crippen LogP contribution >= 0.6 is 15.9 Å². The van der Waals surface area contributed by atoms with Gasteiger partial charge in [-0.25, -0.2) is 0 Å². The van der Waals surface area contributed by atoms with Crippen LogP contribution in [0.4, 0.5) is 5.82 Å². The van der Waals surface area contributed by atoms with E-state index in [0.29, 0.717) is 16.9 Å². The first-order valence-electron chi connectivity index (χ1n) is 5.52. The van der Waals surface area contributed by atoms with E-state index in [1.807, 2.05) is 19.1 Å². The minimum absolute atomic E-state index is 0.268. The van der Waals surface area contributed by atoms with E-state index in [2.05, 4.69) is 26.3 Å². The number of nitriles is 1. The number of halogens is 1. The first-order valence-corrected chi connectivity index (χ1v) is 6.32. The number of rotatable bonds is 2. The van der Waals surface area contributed by atoms with Crippen LogP contribution in [0.2, 0.25) is 0 Å². The van der Waals surface area contributed by atoms with Crippen molar-refractivity contribution in [2.75, 3.05) is 5.32 Å². The summed E-state index contributed by atoms with van der Waals surface area (Å²) in [7, 11) is 1.67. The number of hydrogen-bond acceptors (Lipinski definition) is 3. The number of carbonyl (C=O) groups is 1. The maximum atomic E-state index is 12.1. The van der Waals surface area contributed by atoms with E-state index in [-0.39, 0.29) is 5.91 Å². The van der Waals surface area contributed by atoms with E-state index in [1.54, 1.807) is 19.2 Å². The number of amides is 1. The summed E-state index contributed by atoms with van der Waals surface area (Å²) >= 11 is 3.38. The number of nitrogens with one attached hydrogen (secondary N) is 1. The highest BCUT2D eigenvalue weighted by Crippen LogP contribution is 2.19. The molecular weight excluding hydrogens is 308 g/mol. The van der Waals surface area contributed by atoms with E-state index in [9.17, 15) is 4.79 Å². The average molecular weight is 319 g/mol. The molecule has 2 aromatic rings. The van der Waals surface area contributed by atoms with Crippen molar-refractivity contribution in [1.82, 2.24) is 9.78 Å². The summed E-state index contributed by atoms with van der Waals surface area (Å²) in [6, 6.07) is 7.30. The zero-order valence-corrected chi connectivity index (χ0v) is 12.0. The molecule has 0 radical (unpaired) electrons. The topological polar surface area (TPSA) is 70.7 Å². The third-order valence-electron chi connectivity index (χ3n) is 2.71. The van der Waals surface area contributed by atoms with Gasteiger partial charge in [-0.05, 0) is 30.7 Å². The standard InChI is InChI=1S/C13H11BrN4O/c1-8-5-9(3-4-11(8)14)13(19)17-12-10(6-15)7-16-18(12)2/h3-5,7H,1-2H3,(H,17,19). The molecule has 0 aliphatic heterocycles. The molecule has 0 atom stereocenters. The molecule has 19 heavy (non-hydrogen) atoms. The molecule has 0 saturated carbocycles. The zero-order chi connectivity index (χ0) is 14.0. The minimum Gasteiger partial charge on any atom is -0.306 e. The molecule has 0 spiro atoms. The Morgan fingerprint density at radius 1 is 1.53 bits per heavy atom. The molecule has 5 nitrogen and oxygen atoms in total. The van der Waals surface area contributed by atoms with Crippen LogP contribution < -0.4 is 5.32 Å². The van der Waals surface area contributed by atoms with Gasteiger partial charge in [0.1, 0.15) is 17.5 Å². The van der Waals surface area contributed by atoms with Crippen LogP contribution in [0.15, 0.2) is 28.9 Å². The van der Waals surface area contributed by atoms with Crippen molar-refractivity contribution >= 4 is 27.7 Å². The second kappa shape index (κ2) is 5.24. The lowest BCUT2D eigenvalue weighted by atomic mass is 10.1. The van der Waals surface area contributed by atoms with E-state index >= 15 is 0 Å². The van der Waals surface area contributed by atoms with Crippen molar-refractivity contribution in [3.05, 3.63) is 45.6 Å². The van der Waals surface area contributed by atoms with Crippen molar-refractivity contribution in [3.8, 4) is 6.07 Å². The average Bonchev–Trinajstić information content (AvgIpc) is 2.74. The smallest absolute Gasteiger partial charge is 0.256 e. The van der Waals surface area contributed by atoms with Gasteiger partial charge in [-0.1, -0.05) is 15.9 Å². The molecule has 0 fully saturated rings. The molecule has 1 aromatic heterocycles. The largest absolute Gasteiger partial charge is 0.306 e. The lowest BCUT2D eigenvalue weighted by Crippen LogP contribution is -2.15. The Labute approximate surface area is 119 Å². The Hall–Kier alpha value is -2.13. The van der Waals surface area contributed by atoms with E-state index in [0.717, 1.165) is 10.0 Å². The van der Waals surface area contributed by atoms with Crippen molar-refractivity contribution in [2.24, 2.45) is 7.05 Å². The minimum atomic E-state index is -0.268. The zero-order valence-electron chi connectivity index (χ0n) is 10.4. The van der Waals surface area contributed by atoms with Gasteiger partial charge in [-0.3, -0.25) is 9.48 Å². The van der Waals surface area contributed by atoms with Crippen LogP contribution in [0.5, 0.6) is 0 Å². The second-order valence-corrected chi connectivity index (χ2v) is 4.91. The Balaban J connectivity index is 2.28. The Bertz CT molecular complexity index is 684. The summed E-state index contributed by atoms with van der Waals surface area (Å²) < 4.78 is 2.41. The van der Waals surface area contributed by atoms with Crippen molar-refractivity contribution in [3.63, 3.8) is 0 Å². The third kappa shape index (κ3) is 2.66. The highest BCUT2D eigenvalue weighted by molar-refractivity contribution is 9.10. The van der Waals surface area contributed by atoms with Gasteiger partial charge < -0.3 is 5.32 Å². The van der Waals surface area contributed by atoms with Gasteiger partial charge >= 0.3 is 0 Å². The van der Waals surface area contributed by atoms with Gasteiger partial charge in [0.05, 0.1) is 6.20 Å². The van der Waals surface area contributed by atoms with E-state index < -0.39 is 0 Å². The fraction of sp³-hybridized carbons (Fsp3) is 0.154. The van der Waals surface area contributed by atoms with Crippen LogP contribution in [-0.2, 0) is 7.05 Å². The van der Waals surface area contributed by atoms with Gasteiger partial charge in [0.2, 0.25) is 0 Å². The molecule has 1 aromatic carbocycles. The predicted molar refractivity (Wildman–Crippen MR) is 74.8 cm³/mol. The molecule has 0 saturated heterocycles. The van der Waals surface area contributed by atoms with Gasteiger partial charge in [-0.15, -0.1) is 0 Å². The Morgan fingerprint density at radius 2 is 2.26 bits per heavy atom. The number of aryl methyl sites for hydroxylation is 2. The Morgan fingerprint density at radius 3 is 2.89 bits per heavy atom. The molecule has 0 bridgehead atoms. The highest BCUT2D eigenvalue weighted by atomic mass is 79.9. The van der Waals surface area contributed by atoms with Crippen LogP contribution in [-0.4, -0.2) is 15.7 Å². The lowest BCUT2D eigenvalue weighted by molar-refractivity contribution is 0.102. The van der Waals surface area contributed by atoms with Gasteiger partial charge in [0.15, 0.2) is 0 Å². The Kier molecular flexibility index (Phi) is 3.67. The lowest BCUT2D eigenvalue weighted by Gasteiger charge is -2.07. The summed E-state index contributed by atoms with van der Waals surface area (Å²) in [4.78, 5) is 12.1. The fourth-order valence-electron chi connectivity index (χ4n) is 1.63. The fourth-order valence-corrected chi connectivity index (χ4v) is 1.88. The molecule has 0 aliphatic rings. The molecule has 0 unspecified atom stereocenters. The quantitative estimate of drug-likeness (QED) is 0.925. The number of nitrogens with zero attached hydrogens (tertiary/aromatic N) is 3. The monoisotopic (exact) mass is 318 g/mol. The molecule has 96 valence electrons. The van der Waals surface area contributed by atoms with Gasteiger partial charge in [0, 0.05) is 17.1 Å². The summed E-state index contributed by atoms with van der Waals surface area (Å²) in [6.07, 6.45) is 1.42. The summed E-state index contributed by atoms with van der Waals surface area (Å²) in [5.41, 5.74) is 1.84. The van der Waals surface area contributed by atoms with Crippen molar-refractivity contribution in [2.45, 2.75) is 6.92 Å². The van der Waals surface area contributed by atoms with Gasteiger partial charge in [-0.2, -0.15) is 10.4 Å². The van der Waals surface area contributed by atoms with Crippen LogP contribution in [0, 0.1) is 18.3 Å². The maximum Gasteiger partial charge on any atom is 0.256 e. The molecule has 1 amide bonds.